The van der Waals surface area contributed by atoms with Crippen LogP contribution in [-0.4, -0.2) is 42.5 Å². The van der Waals surface area contributed by atoms with Gasteiger partial charge in [0.2, 0.25) is 5.60 Å². The Balaban J connectivity index is 2.47. The van der Waals surface area contributed by atoms with Crippen molar-refractivity contribution in [2.45, 2.75) is 37.9 Å². The highest BCUT2D eigenvalue weighted by molar-refractivity contribution is 5.85. The molecule has 6 heteroatoms. The lowest BCUT2D eigenvalue weighted by Gasteiger charge is -2.38. The van der Waals surface area contributed by atoms with Crippen LogP contribution in [0.3, 0.4) is 0 Å². The highest BCUT2D eigenvalue weighted by Gasteiger charge is 2.63. The Bertz CT molecular complexity index is 557. The second-order valence-electron chi connectivity index (χ2n) is 5.38. The van der Waals surface area contributed by atoms with Crippen LogP contribution in [0, 0.1) is 0 Å². The van der Waals surface area contributed by atoms with E-state index in [1.165, 1.54) is 0 Å². The molecule has 1 fully saturated rings. The quantitative estimate of drug-likeness (QED) is 0.800. The lowest BCUT2D eigenvalue weighted by molar-refractivity contribution is -0.194. The number of carbonyl (C=O) groups is 2. The molecular formula is C17H22O6. The van der Waals surface area contributed by atoms with E-state index in [4.69, 9.17) is 14.2 Å². The number of ether oxygens (including phenoxy) is 3. The maximum absolute atomic E-state index is 12.7. The first kappa shape index (κ1) is 17.4. The number of rotatable bonds is 6. The van der Waals surface area contributed by atoms with Crippen molar-refractivity contribution in [2.24, 2.45) is 0 Å². The second-order valence-corrected chi connectivity index (χ2v) is 5.38. The molecule has 126 valence electrons. The maximum atomic E-state index is 12.7. The van der Waals surface area contributed by atoms with E-state index in [2.05, 4.69) is 0 Å². The van der Waals surface area contributed by atoms with Crippen molar-refractivity contribution in [1.82, 2.24) is 0 Å². The van der Waals surface area contributed by atoms with E-state index in [0.29, 0.717) is 5.56 Å². The molecule has 0 aliphatic carbocycles. The van der Waals surface area contributed by atoms with E-state index in [0.717, 1.165) is 0 Å². The smallest absolute Gasteiger partial charge is 0.346 e. The first-order valence-electron chi connectivity index (χ1n) is 7.75. The minimum Gasteiger partial charge on any atom is -0.466 e. The summed E-state index contributed by atoms with van der Waals surface area (Å²) in [6.07, 6.45) is -0.200. The number of hydrogen-bond acceptors (Lipinski definition) is 6. The van der Waals surface area contributed by atoms with Gasteiger partial charge in [-0.2, -0.15) is 0 Å². The lowest BCUT2D eigenvalue weighted by atomic mass is 9.75. The zero-order chi connectivity index (χ0) is 16.9. The Morgan fingerprint density at radius 1 is 1.17 bits per heavy atom. The van der Waals surface area contributed by atoms with E-state index >= 15 is 0 Å². The molecule has 0 aromatic heterocycles. The highest BCUT2D eigenvalue weighted by Crippen LogP contribution is 2.47. The summed E-state index contributed by atoms with van der Waals surface area (Å²) < 4.78 is 15.8. The normalized spacial score (nSPS) is 26.7. The predicted molar refractivity (Wildman–Crippen MR) is 81.5 cm³/mol. The number of esters is 2. The third kappa shape index (κ3) is 3.09. The topological polar surface area (TPSA) is 82.1 Å². The van der Waals surface area contributed by atoms with Crippen molar-refractivity contribution in [3.05, 3.63) is 35.9 Å². The molecule has 1 N–H and O–H groups in total. The molecule has 1 aliphatic rings. The van der Waals surface area contributed by atoms with Gasteiger partial charge in [-0.25, -0.2) is 4.79 Å². The van der Waals surface area contributed by atoms with E-state index in [-0.39, 0.29) is 32.7 Å². The van der Waals surface area contributed by atoms with Gasteiger partial charge in [0.05, 0.1) is 26.2 Å². The highest BCUT2D eigenvalue weighted by atomic mass is 16.6. The molecule has 0 saturated carbocycles. The molecule has 0 spiro atoms. The minimum atomic E-state index is -1.73. The van der Waals surface area contributed by atoms with Gasteiger partial charge in [0, 0.05) is 6.42 Å². The summed E-state index contributed by atoms with van der Waals surface area (Å²) in [5, 5.41) is 11.1. The average molecular weight is 322 g/mol. The molecule has 0 unspecified atom stereocenters. The third-order valence-electron chi connectivity index (χ3n) is 3.97. The summed E-state index contributed by atoms with van der Waals surface area (Å²) in [7, 11) is 0. The molecule has 2 atom stereocenters. The standard InChI is InChI=1S/C17H22O6/c1-3-21-14(18)12-16(20)10-11-23-17(16,15(19)22-4-2)13-8-6-5-7-9-13/h5-9,20H,3-4,10-12H2,1-2H3/t16-,17+/m0/s1. The fraction of sp³-hybridized carbons (Fsp3) is 0.529. The van der Waals surface area contributed by atoms with Gasteiger partial charge in [-0.15, -0.1) is 0 Å². The van der Waals surface area contributed by atoms with Crippen LogP contribution in [-0.2, 0) is 29.4 Å². The molecule has 0 amide bonds. The zero-order valence-electron chi connectivity index (χ0n) is 13.4. The second kappa shape index (κ2) is 7.10. The Morgan fingerprint density at radius 3 is 2.43 bits per heavy atom. The van der Waals surface area contributed by atoms with Crippen LogP contribution in [0.1, 0.15) is 32.3 Å². The molecular weight excluding hydrogens is 300 g/mol. The molecule has 1 aromatic carbocycles. The molecule has 0 radical (unpaired) electrons. The van der Waals surface area contributed by atoms with Crippen molar-refractivity contribution in [3.8, 4) is 0 Å². The Hall–Kier alpha value is -1.92. The summed E-state index contributed by atoms with van der Waals surface area (Å²) in [4.78, 5) is 24.6. The van der Waals surface area contributed by atoms with Crippen LogP contribution in [0.4, 0.5) is 0 Å². The van der Waals surface area contributed by atoms with Gasteiger partial charge in [-0.05, 0) is 19.4 Å². The third-order valence-corrected chi connectivity index (χ3v) is 3.97. The molecule has 2 rings (SSSR count). The Labute approximate surface area is 135 Å². The van der Waals surface area contributed by atoms with Gasteiger partial charge >= 0.3 is 11.9 Å². The molecule has 0 bridgehead atoms. The Kier molecular flexibility index (Phi) is 5.38. The van der Waals surface area contributed by atoms with Crippen molar-refractivity contribution in [3.63, 3.8) is 0 Å². The fourth-order valence-electron chi connectivity index (χ4n) is 2.97. The summed E-state index contributed by atoms with van der Waals surface area (Å²) >= 11 is 0. The van der Waals surface area contributed by atoms with Crippen LogP contribution in [0.2, 0.25) is 0 Å². The lowest BCUT2D eigenvalue weighted by Crippen LogP contribution is -2.55. The molecule has 1 aromatic rings. The Morgan fingerprint density at radius 2 is 1.83 bits per heavy atom. The van der Waals surface area contributed by atoms with E-state index in [1.807, 2.05) is 0 Å². The van der Waals surface area contributed by atoms with Crippen LogP contribution < -0.4 is 0 Å². The number of aliphatic hydroxyl groups is 1. The summed E-state index contributed by atoms with van der Waals surface area (Å²) in [5.74, 6) is -1.28. The van der Waals surface area contributed by atoms with Crippen LogP contribution in [0.5, 0.6) is 0 Å². The largest absolute Gasteiger partial charge is 0.466 e. The summed E-state index contributed by atoms with van der Waals surface area (Å²) in [5.41, 5.74) is -2.98. The maximum Gasteiger partial charge on any atom is 0.346 e. The monoisotopic (exact) mass is 322 g/mol. The predicted octanol–water partition coefficient (Wildman–Crippen LogP) is 1.55. The summed E-state index contributed by atoms with van der Waals surface area (Å²) in [6, 6.07) is 8.63. The summed E-state index contributed by atoms with van der Waals surface area (Å²) in [6.45, 7) is 3.85. The van der Waals surface area contributed by atoms with Gasteiger partial charge in [-0.3, -0.25) is 4.79 Å². The van der Waals surface area contributed by atoms with Crippen molar-refractivity contribution in [2.75, 3.05) is 19.8 Å². The molecule has 1 heterocycles. The number of carbonyl (C=O) groups excluding carboxylic acids is 2. The van der Waals surface area contributed by atoms with E-state index in [9.17, 15) is 14.7 Å². The van der Waals surface area contributed by atoms with E-state index in [1.54, 1.807) is 44.2 Å². The molecule has 1 aliphatic heterocycles. The fourth-order valence-corrected chi connectivity index (χ4v) is 2.97. The van der Waals surface area contributed by atoms with Gasteiger partial charge < -0.3 is 19.3 Å². The minimum absolute atomic E-state index is 0.138. The number of benzene rings is 1. The molecule has 23 heavy (non-hydrogen) atoms. The van der Waals surface area contributed by atoms with Crippen molar-refractivity contribution < 1.29 is 28.9 Å². The van der Waals surface area contributed by atoms with Gasteiger partial charge in [-0.1, -0.05) is 30.3 Å². The van der Waals surface area contributed by atoms with Crippen LogP contribution >= 0.6 is 0 Å². The van der Waals surface area contributed by atoms with Crippen molar-refractivity contribution >= 4 is 11.9 Å². The molecule has 6 nitrogen and oxygen atoms in total. The van der Waals surface area contributed by atoms with Crippen molar-refractivity contribution in [1.29, 1.82) is 0 Å². The number of hydrogen-bond donors (Lipinski definition) is 1. The van der Waals surface area contributed by atoms with Gasteiger partial charge in [0.1, 0.15) is 5.60 Å². The van der Waals surface area contributed by atoms with Gasteiger partial charge in [0.15, 0.2) is 0 Å². The van der Waals surface area contributed by atoms with Crippen LogP contribution in [0.25, 0.3) is 0 Å². The first-order valence-corrected chi connectivity index (χ1v) is 7.75. The molecule has 1 saturated heterocycles. The average Bonchev–Trinajstić information content (AvgIpc) is 2.86. The first-order chi connectivity index (χ1) is 11.0. The van der Waals surface area contributed by atoms with Crippen LogP contribution in [0.15, 0.2) is 30.3 Å². The SMILES string of the molecule is CCOC(=O)C[C@@]1(O)CCO[C@@]1(C(=O)OCC)c1ccccc1. The van der Waals surface area contributed by atoms with E-state index < -0.39 is 23.1 Å². The zero-order valence-corrected chi connectivity index (χ0v) is 13.4. The van der Waals surface area contributed by atoms with Gasteiger partial charge in [0.25, 0.3) is 0 Å².